The van der Waals surface area contributed by atoms with Gasteiger partial charge in [-0.1, -0.05) is 113 Å². The van der Waals surface area contributed by atoms with Crippen LogP contribution in [0.1, 0.15) is 98.4 Å². The highest BCUT2D eigenvalue weighted by Gasteiger charge is 2.28. The highest BCUT2D eigenvalue weighted by atomic mass is 16.5. The zero-order chi connectivity index (χ0) is 27.2. The Hall–Kier alpha value is -3.40. The van der Waals surface area contributed by atoms with Crippen LogP contribution in [-0.4, -0.2) is 25.2 Å². The normalized spacial score (nSPS) is 10.8. The van der Waals surface area contributed by atoms with E-state index in [1.807, 2.05) is 80.6 Å². The van der Waals surface area contributed by atoms with Crippen LogP contribution in [0.3, 0.4) is 0 Å². The summed E-state index contributed by atoms with van der Waals surface area (Å²) < 4.78 is 11.1. The Morgan fingerprint density at radius 2 is 1.11 bits per heavy atom. The Labute approximate surface area is 228 Å². The zero-order valence-corrected chi connectivity index (χ0v) is 23.3. The van der Waals surface area contributed by atoms with Crippen LogP contribution in [-0.2, 0) is 15.9 Å². The van der Waals surface area contributed by atoms with E-state index in [-0.39, 0.29) is 25.2 Å². The van der Waals surface area contributed by atoms with Crippen molar-refractivity contribution in [2.75, 3.05) is 13.2 Å². The Kier molecular flexibility index (Phi) is 12.1. The third-order valence-corrected chi connectivity index (χ3v) is 6.81. The fourth-order valence-electron chi connectivity index (χ4n) is 4.99. The van der Waals surface area contributed by atoms with Crippen LogP contribution in [0.5, 0.6) is 0 Å². The quantitative estimate of drug-likeness (QED) is 0.150. The van der Waals surface area contributed by atoms with Crippen molar-refractivity contribution >= 4 is 11.9 Å². The first kappa shape index (κ1) is 29.2. The number of hydrogen-bond donors (Lipinski definition) is 0. The summed E-state index contributed by atoms with van der Waals surface area (Å²) in [5.41, 5.74) is 5.05. The molecule has 38 heavy (non-hydrogen) atoms. The molecule has 0 radical (unpaired) electrons. The maximum Gasteiger partial charge on any atom is 0.339 e. The molecule has 0 bridgehead atoms. The molecular weight excluding hydrogens is 472 g/mol. The number of rotatable bonds is 15. The molecule has 0 atom stereocenters. The summed E-state index contributed by atoms with van der Waals surface area (Å²) in [5.74, 6) is -0.732. The molecule has 4 nitrogen and oxygen atoms in total. The number of benzene rings is 3. The number of esters is 2. The van der Waals surface area contributed by atoms with Crippen molar-refractivity contribution in [3.63, 3.8) is 0 Å². The van der Waals surface area contributed by atoms with Crippen molar-refractivity contribution in [1.82, 2.24) is 0 Å². The van der Waals surface area contributed by atoms with E-state index >= 15 is 0 Å². The topological polar surface area (TPSA) is 52.6 Å². The summed E-state index contributed by atoms with van der Waals surface area (Å²) in [6.45, 7) is 6.43. The van der Waals surface area contributed by atoms with E-state index in [1.54, 1.807) is 0 Å². The van der Waals surface area contributed by atoms with Crippen LogP contribution in [0, 0.1) is 0 Å². The summed E-state index contributed by atoms with van der Waals surface area (Å²) in [7, 11) is 0. The first-order valence-electron chi connectivity index (χ1n) is 14.3. The number of unbranched alkanes of at least 4 members (excludes halogenated alkanes) is 7. The SMILES string of the molecule is CCCCCCCCCCc1cc(C(=O)OCC)c(-c2ccccc2)c(-c2ccccc2)c1C(=O)OCC. The second-order valence-electron chi connectivity index (χ2n) is 9.61. The fraction of sp³-hybridized carbons (Fsp3) is 0.412. The third-order valence-electron chi connectivity index (χ3n) is 6.81. The van der Waals surface area contributed by atoms with E-state index in [2.05, 4.69) is 6.92 Å². The molecule has 0 aliphatic rings. The standard InChI is InChI=1S/C34H42O4/c1-4-7-8-9-10-11-12-15-24-28-25-29(33(35)37-5-2)30(26-20-16-13-17-21-26)31(27-22-18-14-19-23-27)32(28)34(36)38-6-3/h13-14,16-23,25H,4-12,15,24H2,1-3H3. The van der Waals surface area contributed by atoms with Gasteiger partial charge >= 0.3 is 11.9 Å². The van der Waals surface area contributed by atoms with Gasteiger partial charge in [0.05, 0.1) is 24.3 Å². The summed E-state index contributed by atoms with van der Waals surface area (Å²) in [5, 5.41) is 0. The van der Waals surface area contributed by atoms with E-state index in [0.717, 1.165) is 35.1 Å². The van der Waals surface area contributed by atoms with Crippen molar-refractivity contribution in [3.05, 3.63) is 83.4 Å². The van der Waals surface area contributed by atoms with Gasteiger partial charge in [-0.25, -0.2) is 9.59 Å². The Balaban J connectivity index is 2.13. The zero-order valence-electron chi connectivity index (χ0n) is 23.3. The van der Waals surface area contributed by atoms with Crippen molar-refractivity contribution < 1.29 is 19.1 Å². The van der Waals surface area contributed by atoms with Gasteiger partial charge in [-0.2, -0.15) is 0 Å². The van der Waals surface area contributed by atoms with Crippen LogP contribution < -0.4 is 0 Å². The molecule has 3 aromatic rings. The predicted octanol–water partition coefficient (Wildman–Crippen LogP) is 9.06. The average molecular weight is 515 g/mol. The molecule has 0 saturated carbocycles. The van der Waals surface area contributed by atoms with Gasteiger partial charge in [-0.05, 0) is 49.4 Å². The minimum atomic E-state index is -0.379. The largest absolute Gasteiger partial charge is 0.462 e. The van der Waals surface area contributed by atoms with Crippen LogP contribution in [0.4, 0.5) is 0 Å². The Morgan fingerprint density at radius 1 is 0.605 bits per heavy atom. The van der Waals surface area contributed by atoms with E-state index < -0.39 is 0 Å². The molecule has 202 valence electrons. The van der Waals surface area contributed by atoms with Crippen LogP contribution in [0.2, 0.25) is 0 Å². The highest BCUT2D eigenvalue weighted by Crippen LogP contribution is 2.41. The van der Waals surface area contributed by atoms with E-state index in [4.69, 9.17) is 9.47 Å². The summed E-state index contributed by atoms with van der Waals surface area (Å²) in [6.07, 6.45) is 10.3. The molecule has 0 aliphatic heterocycles. The van der Waals surface area contributed by atoms with Gasteiger partial charge in [0.2, 0.25) is 0 Å². The minimum Gasteiger partial charge on any atom is -0.462 e. The second-order valence-corrected chi connectivity index (χ2v) is 9.61. The monoisotopic (exact) mass is 514 g/mol. The van der Waals surface area contributed by atoms with Crippen molar-refractivity contribution in [2.45, 2.75) is 78.6 Å². The van der Waals surface area contributed by atoms with Crippen molar-refractivity contribution in [3.8, 4) is 22.3 Å². The van der Waals surface area contributed by atoms with Gasteiger partial charge in [0.1, 0.15) is 0 Å². The maximum absolute atomic E-state index is 13.5. The van der Waals surface area contributed by atoms with Crippen LogP contribution >= 0.6 is 0 Å². The maximum atomic E-state index is 13.5. The van der Waals surface area contributed by atoms with Crippen molar-refractivity contribution in [1.29, 1.82) is 0 Å². The van der Waals surface area contributed by atoms with E-state index in [1.165, 1.54) is 38.5 Å². The first-order valence-corrected chi connectivity index (χ1v) is 14.3. The van der Waals surface area contributed by atoms with Gasteiger partial charge in [-0.15, -0.1) is 0 Å². The predicted molar refractivity (Wildman–Crippen MR) is 156 cm³/mol. The molecule has 0 aliphatic carbocycles. The Morgan fingerprint density at radius 3 is 1.66 bits per heavy atom. The molecule has 0 unspecified atom stereocenters. The second kappa shape index (κ2) is 15.8. The Bertz CT molecular complexity index is 1150. The summed E-state index contributed by atoms with van der Waals surface area (Å²) >= 11 is 0. The number of carbonyl (C=O) groups is 2. The van der Waals surface area contributed by atoms with Crippen LogP contribution in [0.15, 0.2) is 66.7 Å². The molecule has 0 saturated heterocycles. The molecular formula is C34H42O4. The van der Waals surface area contributed by atoms with Gasteiger partial charge in [-0.3, -0.25) is 0 Å². The summed E-state index contributed by atoms with van der Waals surface area (Å²) in [4.78, 5) is 26.9. The molecule has 0 aromatic heterocycles. The van der Waals surface area contributed by atoms with Gasteiger partial charge in [0.25, 0.3) is 0 Å². The number of hydrogen-bond acceptors (Lipinski definition) is 4. The lowest BCUT2D eigenvalue weighted by Crippen LogP contribution is -2.15. The molecule has 0 N–H and O–H groups in total. The van der Waals surface area contributed by atoms with E-state index in [0.29, 0.717) is 23.1 Å². The summed E-state index contributed by atoms with van der Waals surface area (Å²) in [6, 6.07) is 21.5. The smallest absolute Gasteiger partial charge is 0.339 e. The van der Waals surface area contributed by atoms with E-state index in [9.17, 15) is 9.59 Å². The van der Waals surface area contributed by atoms with Crippen LogP contribution in [0.25, 0.3) is 22.3 Å². The molecule has 3 aromatic carbocycles. The van der Waals surface area contributed by atoms with Crippen molar-refractivity contribution in [2.24, 2.45) is 0 Å². The first-order chi connectivity index (χ1) is 18.6. The minimum absolute atomic E-state index is 0.278. The molecule has 0 spiro atoms. The third kappa shape index (κ3) is 7.80. The molecule has 0 heterocycles. The van der Waals surface area contributed by atoms with Gasteiger partial charge in [0.15, 0.2) is 0 Å². The molecule has 3 rings (SSSR count). The lowest BCUT2D eigenvalue weighted by Gasteiger charge is -2.22. The number of carbonyl (C=O) groups excluding carboxylic acids is 2. The van der Waals surface area contributed by atoms with Gasteiger partial charge < -0.3 is 9.47 Å². The lowest BCUT2D eigenvalue weighted by atomic mass is 9.83. The molecule has 0 fully saturated rings. The lowest BCUT2D eigenvalue weighted by molar-refractivity contribution is 0.0511. The average Bonchev–Trinajstić information content (AvgIpc) is 2.94. The molecule has 4 heteroatoms. The molecule has 0 amide bonds. The van der Waals surface area contributed by atoms with Gasteiger partial charge in [0, 0.05) is 11.1 Å². The highest BCUT2D eigenvalue weighted by molar-refractivity contribution is 6.10. The fourth-order valence-corrected chi connectivity index (χ4v) is 4.99. The number of ether oxygens (including phenoxy) is 2. The number of aryl methyl sites for hydroxylation is 1.